The van der Waals surface area contributed by atoms with Gasteiger partial charge in [-0.25, -0.2) is 0 Å². The Labute approximate surface area is 169 Å². The molecular formula is C24H36N2O2. The zero-order valence-electron chi connectivity index (χ0n) is 17.7. The van der Waals surface area contributed by atoms with Gasteiger partial charge in [0.1, 0.15) is 5.75 Å². The zero-order valence-corrected chi connectivity index (χ0v) is 17.7. The Morgan fingerprint density at radius 1 is 1.07 bits per heavy atom. The van der Waals surface area contributed by atoms with Gasteiger partial charge in [-0.05, 0) is 89.4 Å². The topological polar surface area (TPSA) is 38.5 Å². The molecule has 28 heavy (non-hydrogen) atoms. The summed E-state index contributed by atoms with van der Waals surface area (Å²) in [7, 11) is 0. The summed E-state index contributed by atoms with van der Waals surface area (Å²) in [5.41, 5.74) is 1.95. The van der Waals surface area contributed by atoms with Gasteiger partial charge in [-0.1, -0.05) is 24.4 Å². The van der Waals surface area contributed by atoms with Gasteiger partial charge in [0.15, 0.2) is 5.58 Å². The van der Waals surface area contributed by atoms with Crippen molar-refractivity contribution in [2.75, 3.05) is 19.6 Å². The predicted octanol–water partition coefficient (Wildman–Crippen LogP) is 5.84. The highest BCUT2D eigenvalue weighted by atomic mass is 16.5. The Morgan fingerprint density at radius 3 is 2.61 bits per heavy atom. The number of likely N-dealkylation sites (tertiary alicyclic amines) is 1. The summed E-state index contributed by atoms with van der Waals surface area (Å²) in [6, 6.07) is 6.11. The average molecular weight is 385 g/mol. The monoisotopic (exact) mass is 384 g/mol. The molecule has 1 saturated heterocycles. The van der Waals surface area contributed by atoms with Gasteiger partial charge in [0.25, 0.3) is 0 Å². The van der Waals surface area contributed by atoms with Crippen molar-refractivity contribution in [2.45, 2.75) is 77.7 Å². The molecule has 0 bridgehead atoms. The summed E-state index contributed by atoms with van der Waals surface area (Å²) in [5, 5.41) is 5.50. The third kappa shape index (κ3) is 5.08. The van der Waals surface area contributed by atoms with Gasteiger partial charge in [0.2, 0.25) is 0 Å². The van der Waals surface area contributed by atoms with E-state index >= 15 is 0 Å². The standard InChI is InChI=1S/C24H36N2O2/c1-18(2)27-21-9-10-22-23(25-28-24(22)16-21)11-8-19-12-14-26(15-13-19)17-20-6-4-3-5-7-20/h9-10,16,18-20H,3-8,11-15,17H2,1-2H3. The van der Waals surface area contributed by atoms with Gasteiger partial charge in [-0.15, -0.1) is 0 Å². The van der Waals surface area contributed by atoms with Crippen molar-refractivity contribution in [3.63, 3.8) is 0 Å². The molecule has 4 rings (SSSR count). The smallest absolute Gasteiger partial charge is 0.170 e. The first-order chi connectivity index (χ1) is 13.7. The fourth-order valence-corrected chi connectivity index (χ4v) is 5.03. The Bertz CT molecular complexity index is 740. The first-order valence-corrected chi connectivity index (χ1v) is 11.4. The van der Waals surface area contributed by atoms with Crippen molar-refractivity contribution in [3.8, 4) is 5.75 Å². The van der Waals surface area contributed by atoms with Crippen LogP contribution in [0.3, 0.4) is 0 Å². The second-order valence-corrected chi connectivity index (χ2v) is 9.24. The molecule has 0 radical (unpaired) electrons. The molecule has 0 amide bonds. The molecule has 1 aromatic heterocycles. The molecule has 0 spiro atoms. The van der Waals surface area contributed by atoms with Gasteiger partial charge in [0.05, 0.1) is 11.8 Å². The molecule has 0 unspecified atom stereocenters. The van der Waals surface area contributed by atoms with Crippen molar-refractivity contribution in [1.82, 2.24) is 10.1 Å². The third-order valence-electron chi connectivity index (χ3n) is 6.63. The number of piperidine rings is 1. The number of hydrogen-bond acceptors (Lipinski definition) is 4. The molecule has 4 heteroatoms. The Kier molecular flexibility index (Phi) is 6.56. The molecule has 2 fully saturated rings. The molecule has 2 heterocycles. The lowest BCUT2D eigenvalue weighted by Crippen LogP contribution is -2.37. The second kappa shape index (κ2) is 9.30. The fraction of sp³-hybridized carbons (Fsp3) is 0.708. The van der Waals surface area contributed by atoms with Crippen LogP contribution in [0, 0.1) is 11.8 Å². The number of rotatable bonds is 7. The molecule has 4 nitrogen and oxygen atoms in total. The van der Waals surface area contributed by atoms with Crippen LogP contribution in [0.4, 0.5) is 0 Å². The van der Waals surface area contributed by atoms with Crippen molar-refractivity contribution in [1.29, 1.82) is 0 Å². The lowest BCUT2D eigenvalue weighted by molar-refractivity contribution is 0.142. The quantitative estimate of drug-likeness (QED) is 0.601. The molecule has 0 atom stereocenters. The minimum atomic E-state index is 0.170. The van der Waals surface area contributed by atoms with E-state index in [9.17, 15) is 0 Å². The van der Waals surface area contributed by atoms with E-state index in [0.29, 0.717) is 0 Å². The number of hydrogen-bond donors (Lipinski definition) is 0. The van der Waals surface area contributed by atoms with E-state index in [0.717, 1.165) is 40.7 Å². The van der Waals surface area contributed by atoms with Gasteiger partial charge in [0, 0.05) is 18.0 Å². The van der Waals surface area contributed by atoms with Crippen LogP contribution in [0.2, 0.25) is 0 Å². The molecular weight excluding hydrogens is 348 g/mol. The van der Waals surface area contributed by atoms with Crippen LogP contribution in [0.25, 0.3) is 11.0 Å². The number of nitrogens with zero attached hydrogens (tertiary/aromatic N) is 2. The lowest BCUT2D eigenvalue weighted by atomic mass is 9.87. The molecule has 0 N–H and O–H groups in total. The Balaban J connectivity index is 1.25. The van der Waals surface area contributed by atoms with Crippen LogP contribution in [-0.4, -0.2) is 35.8 Å². The van der Waals surface area contributed by atoms with Gasteiger partial charge < -0.3 is 14.2 Å². The van der Waals surface area contributed by atoms with Gasteiger partial charge >= 0.3 is 0 Å². The van der Waals surface area contributed by atoms with E-state index < -0.39 is 0 Å². The van der Waals surface area contributed by atoms with E-state index in [1.165, 1.54) is 71.0 Å². The second-order valence-electron chi connectivity index (χ2n) is 9.24. The molecule has 2 aromatic rings. The summed E-state index contributed by atoms with van der Waals surface area (Å²) >= 11 is 0. The van der Waals surface area contributed by atoms with Crippen LogP contribution >= 0.6 is 0 Å². The Morgan fingerprint density at radius 2 is 1.86 bits per heavy atom. The van der Waals surface area contributed by atoms with E-state index in [1.54, 1.807) is 0 Å². The fourth-order valence-electron chi connectivity index (χ4n) is 5.03. The van der Waals surface area contributed by atoms with E-state index in [1.807, 2.05) is 26.0 Å². The molecule has 2 aliphatic rings. The van der Waals surface area contributed by atoms with E-state index in [2.05, 4.69) is 16.1 Å². The summed E-state index contributed by atoms with van der Waals surface area (Å²) in [6.45, 7) is 8.00. The highest BCUT2D eigenvalue weighted by Gasteiger charge is 2.23. The number of benzene rings is 1. The number of ether oxygens (including phenoxy) is 1. The van der Waals surface area contributed by atoms with Crippen LogP contribution in [0.15, 0.2) is 22.7 Å². The number of aryl methyl sites for hydroxylation is 1. The minimum absolute atomic E-state index is 0.170. The lowest BCUT2D eigenvalue weighted by Gasteiger charge is -2.35. The predicted molar refractivity (Wildman–Crippen MR) is 114 cm³/mol. The summed E-state index contributed by atoms with van der Waals surface area (Å²) < 4.78 is 11.3. The maximum atomic E-state index is 5.76. The largest absolute Gasteiger partial charge is 0.491 e. The highest BCUT2D eigenvalue weighted by Crippen LogP contribution is 2.29. The van der Waals surface area contributed by atoms with Crippen LogP contribution in [-0.2, 0) is 6.42 Å². The summed E-state index contributed by atoms with van der Waals surface area (Å²) in [6.07, 6.45) is 12.4. The van der Waals surface area contributed by atoms with Crippen molar-refractivity contribution >= 4 is 11.0 Å². The first-order valence-electron chi connectivity index (χ1n) is 11.4. The SMILES string of the molecule is CC(C)Oc1ccc2c(CCC3CCN(CC4CCCCC4)CC3)noc2c1. The molecule has 154 valence electrons. The van der Waals surface area contributed by atoms with E-state index in [4.69, 9.17) is 9.26 Å². The van der Waals surface area contributed by atoms with Crippen molar-refractivity contribution in [3.05, 3.63) is 23.9 Å². The van der Waals surface area contributed by atoms with Crippen LogP contribution in [0.5, 0.6) is 5.75 Å². The summed E-state index contributed by atoms with van der Waals surface area (Å²) in [4.78, 5) is 2.73. The minimum Gasteiger partial charge on any atom is -0.491 e. The van der Waals surface area contributed by atoms with Crippen LogP contribution in [0.1, 0.15) is 70.9 Å². The summed E-state index contributed by atoms with van der Waals surface area (Å²) in [5.74, 6) is 2.66. The van der Waals surface area contributed by atoms with Gasteiger partial charge in [-0.3, -0.25) is 0 Å². The third-order valence-corrected chi connectivity index (χ3v) is 6.63. The van der Waals surface area contributed by atoms with Gasteiger partial charge in [-0.2, -0.15) is 0 Å². The molecule has 1 aromatic carbocycles. The van der Waals surface area contributed by atoms with E-state index in [-0.39, 0.29) is 6.10 Å². The average Bonchev–Trinajstić information content (AvgIpc) is 3.10. The maximum absolute atomic E-state index is 5.76. The normalized spacial score (nSPS) is 20.2. The van der Waals surface area contributed by atoms with Crippen molar-refractivity contribution < 1.29 is 9.26 Å². The molecule has 1 aliphatic heterocycles. The number of aromatic nitrogens is 1. The maximum Gasteiger partial charge on any atom is 0.170 e. The number of fused-ring (bicyclic) bond motifs is 1. The zero-order chi connectivity index (χ0) is 19.3. The first kappa shape index (κ1) is 19.8. The molecule has 1 saturated carbocycles. The van der Waals surface area contributed by atoms with Crippen molar-refractivity contribution in [2.24, 2.45) is 11.8 Å². The van der Waals surface area contributed by atoms with Crippen LogP contribution < -0.4 is 4.74 Å². The molecule has 1 aliphatic carbocycles. The Hall–Kier alpha value is -1.55. The highest BCUT2D eigenvalue weighted by molar-refractivity contribution is 5.80.